The number of likely N-dealkylation sites (tertiary alicyclic amines) is 1. The molecule has 0 radical (unpaired) electrons. The third kappa shape index (κ3) is 3.07. The van der Waals surface area contributed by atoms with Crippen LogP contribution in [0.4, 0.5) is 4.39 Å². The molecule has 2 rings (SSSR count). The second kappa shape index (κ2) is 5.85. The minimum Gasteiger partial charge on any atom is -0.478 e. The number of carbonyl (C=O) groups excluding carboxylic acids is 2. The zero-order chi connectivity index (χ0) is 15.7. The summed E-state index contributed by atoms with van der Waals surface area (Å²) in [6.45, 7) is 3.51. The lowest BCUT2D eigenvalue weighted by Crippen LogP contribution is -2.37. The van der Waals surface area contributed by atoms with Crippen LogP contribution in [-0.2, 0) is 9.59 Å². The first-order chi connectivity index (χ1) is 9.81. The first-order valence-corrected chi connectivity index (χ1v) is 7.24. The number of benzene rings is 1. The fourth-order valence-corrected chi connectivity index (χ4v) is 3.26. The van der Waals surface area contributed by atoms with E-state index in [1.165, 1.54) is 17.0 Å². The van der Waals surface area contributed by atoms with Gasteiger partial charge in [0.05, 0.1) is 10.8 Å². The van der Waals surface area contributed by atoms with Gasteiger partial charge in [-0.3, -0.25) is 14.5 Å². The molecule has 21 heavy (non-hydrogen) atoms. The highest BCUT2D eigenvalue weighted by Gasteiger charge is 2.40. The molecule has 0 bridgehead atoms. The van der Waals surface area contributed by atoms with Gasteiger partial charge in [-0.05, 0) is 32.0 Å². The largest absolute Gasteiger partial charge is 0.478 e. The molecule has 0 aromatic heterocycles. The Balaban J connectivity index is 2.20. The van der Waals surface area contributed by atoms with Crippen molar-refractivity contribution in [2.24, 2.45) is 0 Å². The summed E-state index contributed by atoms with van der Waals surface area (Å²) in [5.74, 6) is -2.73. The molecule has 0 saturated carbocycles. The molecule has 0 spiro atoms. The van der Waals surface area contributed by atoms with Crippen molar-refractivity contribution in [3.63, 3.8) is 0 Å². The van der Waals surface area contributed by atoms with Crippen LogP contribution in [0, 0.1) is 5.82 Å². The van der Waals surface area contributed by atoms with Crippen molar-refractivity contribution in [2.75, 3.05) is 0 Å². The molecule has 5 nitrogen and oxygen atoms in total. The number of imide groups is 1. The number of hydrogen-bond acceptors (Lipinski definition) is 4. The van der Waals surface area contributed by atoms with E-state index in [-0.39, 0.29) is 24.3 Å². The molecule has 2 amide bonds. The molecule has 1 fully saturated rings. The van der Waals surface area contributed by atoms with Gasteiger partial charge in [0.1, 0.15) is 5.82 Å². The number of carboxylic acids is 1. The predicted molar refractivity (Wildman–Crippen MR) is 74.6 cm³/mol. The van der Waals surface area contributed by atoms with Crippen molar-refractivity contribution >= 4 is 29.5 Å². The summed E-state index contributed by atoms with van der Waals surface area (Å²) in [5, 5.41) is 8.29. The molecule has 1 unspecified atom stereocenters. The van der Waals surface area contributed by atoms with Gasteiger partial charge in [0.25, 0.3) is 0 Å². The fraction of sp³-hybridized carbons (Fsp3) is 0.357. The zero-order valence-electron chi connectivity index (χ0n) is 11.5. The smallest absolute Gasteiger partial charge is 0.338 e. The molecule has 1 aliphatic heterocycles. The standard InChI is InChI=1S/C14H14FNO4S/c1-7(2)16-12(17)6-11(13(16)18)21-8-3-4-10(15)9(5-8)14(19)20/h3-5,7,11H,6H2,1-2H3,(H,19,20). The van der Waals surface area contributed by atoms with E-state index < -0.39 is 22.6 Å². The Morgan fingerprint density at radius 2 is 2.10 bits per heavy atom. The van der Waals surface area contributed by atoms with E-state index in [9.17, 15) is 18.8 Å². The average Bonchev–Trinajstić information content (AvgIpc) is 2.66. The number of amides is 2. The van der Waals surface area contributed by atoms with E-state index in [0.29, 0.717) is 4.90 Å². The van der Waals surface area contributed by atoms with Crippen LogP contribution < -0.4 is 0 Å². The number of hydrogen-bond donors (Lipinski definition) is 1. The number of carbonyl (C=O) groups is 3. The molecule has 1 atom stereocenters. The monoisotopic (exact) mass is 311 g/mol. The van der Waals surface area contributed by atoms with Crippen LogP contribution in [0.25, 0.3) is 0 Å². The maximum atomic E-state index is 13.3. The van der Waals surface area contributed by atoms with Gasteiger partial charge in [-0.1, -0.05) is 0 Å². The summed E-state index contributed by atoms with van der Waals surface area (Å²) in [4.78, 5) is 36.5. The van der Waals surface area contributed by atoms with Gasteiger partial charge < -0.3 is 5.11 Å². The number of carboxylic acid groups (broad SMARTS) is 1. The summed E-state index contributed by atoms with van der Waals surface area (Å²) in [7, 11) is 0. The topological polar surface area (TPSA) is 74.7 Å². The van der Waals surface area contributed by atoms with Crippen LogP contribution in [0.3, 0.4) is 0 Å². The van der Waals surface area contributed by atoms with Crippen molar-refractivity contribution in [2.45, 2.75) is 36.5 Å². The zero-order valence-corrected chi connectivity index (χ0v) is 12.3. The first kappa shape index (κ1) is 15.5. The fourth-order valence-electron chi connectivity index (χ4n) is 2.16. The number of halogens is 1. The quantitative estimate of drug-likeness (QED) is 0.862. The Hall–Kier alpha value is -1.89. The van der Waals surface area contributed by atoms with Crippen molar-refractivity contribution < 1.29 is 23.9 Å². The number of nitrogens with zero attached hydrogens (tertiary/aromatic N) is 1. The Kier molecular flexibility index (Phi) is 4.32. The van der Waals surface area contributed by atoms with E-state index >= 15 is 0 Å². The average molecular weight is 311 g/mol. The molecule has 112 valence electrons. The van der Waals surface area contributed by atoms with Gasteiger partial charge in [-0.2, -0.15) is 0 Å². The summed E-state index contributed by atoms with van der Waals surface area (Å²) in [5.41, 5.74) is -0.447. The van der Waals surface area contributed by atoms with Crippen LogP contribution in [0.1, 0.15) is 30.6 Å². The number of aromatic carboxylic acids is 1. The SMILES string of the molecule is CC(C)N1C(=O)CC(Sc2ccc(F)c(C(=O)O)c2)C1=O. The molecule has 1 heterocycles. The number of thioether (sulfide) groups is 1. The third-order valence-corrected chi connectivity index (χ3v) is 4.28. The molecule has 1 aromatic rings. The molecular formula is C14H14FNO4S. The van der Waals surface area contributed by atoms with Gasteiger partial charge in [-0.15, -0.1) is 11.8 Å². The number of rotatable bonds is 4. The van der Waals surface area contributed by atoms with Gasteiger partial charge >= 0.3 is 5.97 Å². The lowest BCUT2D eigenvalue weighted by atomic mass is 10.2. The van der Waals surface area contributed by atoms with E-state index in [4.69, 9.17) is 5.11 Å². The van der Waals surface area contributed by atoms with Crippen molar-refractivity contribution in [1.29, 1.82) is 0 Å². The highest BCUT2D eigenvalue weighted by molar-refractivity contribution is 8.00. The second-order valence-electron chi connectivity index (χ2n) is 4.95. The van der Waals surface area contributed by atoms with Crippen LogP contribution >= 0.6 is 11.8 Å². The van der Waals surface area contributed by atoms with Gasteiger partial charge in [0.2, 0.25) is 11.8 Å². The third-order valence-electron chi connectivity index (χ3n) is 3.10. The van der Waals surface area contributed by atoms with Gasteiger partial charge in [0, 0.05) is 17.4 Å². The molecular weight excluding hydrogens is 297 g/mol. The second-order valence-corrected chi connectivity index (χ2v) is 6.23. The summed E-state index contributed by atoms with van der Waals surface area (Å²) in [6, 6.07) is 3.42. The lowest BCUT2D eigenvalue weighted by Gasteiger charge is -2.18. The molecule has 7 heteroatoms. The Morgan fingerprint density at radius 3 is 2.62 bits per heavy atom. The van der Waals surface area contributed by atoms with Crippen LogP contribution in [0.15, 0.2) is 23.1 Å². The Labute approximate surface area is 125 Å². The highest BCUT2D eigenvalue weighted by Crippen LogP contribution is 2.33. The Bertz CT molecular complexity index is 617. The summed E-state index contributed by atoms with van der Waals surface area (Å²) >= 11 is 1.08. The maximum Gasteiger partial charge on any atom is 0.338 e. The first-order valence-electron chi connectivity index (χ1n) is 6.36. The maximum absolute atomic E-state index is 13.3. The van der Waals surface area contributed by atoms with Gasteiger partial charge in [0.15, 0.2) is 0 Å². The van der Waals surface area contributed by atoms with E-state index in [0.717, 1.165) is 17.8 Å². The molecule has 1 N–H and O–H groups in total. The van der Waals surface area contributed by atoms with Crippen molar-refractivity contribution in [3.8, 4) is 0 Å². The molecule has 1 aliphatic rings. The molecule has 1 aromatic carbocycles. The van der Waals surface area contributed by atoms with Crippen LogP contribution in [0.2, 0.25) is 0 Å². The minimum absolute atomic E-state index is 0.0709. The predicted octanol–water partition coefficient (Wildman–Crippen LogP) is 2.15. The molecule has 0 aliphatic carbocycles. The summed E-state index contributed by atoms with van der Waals surface area (Å²) in [6.07, 6.45) is 0.0709. The van der Waals surface area contributed by atoms with E-state index in [1.54, 1.807) is 13.8 Å². The molecule has 1 saturated heterocycles. The summed E-state index contributed by atoms with van der Waals surface area (Å²) < 4.78 is 13.3. The van der Waals surface area contributed by atoms with E-state index in [2.05, 4.69) is 0 Å². The van der Waals surface area contributed by atoms with Gasteiger partial charge in [-0.25, -0.2) is 9.18 Å². The van der Waals surface area contributed by atoms with E-state index in [1.807, 2.05) is 0 Å². The normalized spacial score (nSPS) is 18.7. The minimum atomic E-state index is -1.37. The highest BCUT2D eigenvalue weighted by atomic mass is 32.2. The van der Waals surface area contributed by atoms with Crippen molar-refractivity contribution in [1.82, 2.24) is 4.90 Å². The van der Waals surface area contributed by atoms with Crippen molar-refractivity contribution in [3.05, 3.63) is 29.6 Å². The van der Waals surface area contributed by atoms with Crippen LogP contribution in [0.5, 0.6) is 0 Å². The lowest BCUT2D eigenvalue weighted by molar-refractivity contribution is -0.140. The van der Waals surface area contributed by atoms with Crippen LogP contribution in [-0.4, -0.2) is 39.1 Å². The Morgan fingerprint density at radius 1 is 1.43 bits per heavy atom.